The van der Waals surface area contributed by atoms with E-state index in [0.29, 0.717) is 0 Å². The van der Waals surface area contributed by atoms with E-state index in [1.54, 1.807) is 6.20 Å². The Balaban J connectivity index is 1.59. The van der Waals surface area contributed by atoms with Crippen LogP contribution >= 0.6 is 0 Å². The van der Waals surface area contributed by atoms with Gasteiger partial charge in [0, 0.05) is 39.0 Å². The molecule has 0 unspecified atom stereocenters. The van der Waals surface area contributed by atoms with Crippen LogP contribution in [0.2, 0.25) is 0 Å². The number of pyridine rings is 1. The van der Waals surface area contributed by atoms with Crippen LogP contribution in [0.1, 0.15) is 11.4 Å². The minimum absolute atomic E-state index is 0.845. The van der Waals surface area contributed by atoms with Gasteiger partial charge in [-0.25, -0.2) is 4.98 Å². The fourth-order valence-electron chi connectivity index (χ4n) is 2.35. The molecule has 1 aromatic carbocycles. The standard InChI is InChI=1S/C16H18N4/c1-20-15-7-3-2-6-14(15)19-16(20)8-10-18-12-13-5-4-9-17-11-13/h2-7,9,11,18H,8,10,12H2,1H3. The second-order valence-electron chi connectivity index (χ2n) is 4.86. The van der Waals surface area contributed by atoms with E-state index >= 15 is 0 Å². The van der Waals surface area contributed by atoms with Crippen molar-refractivity contribution < 1.29 is 0 Å². The summed E-state index contributed by atoms with van der Waals surface area (Å²) in [7, 11) is 2.08. The zero-order valence-electron chi connectivity index (χ0n) is 11.6. The first-order chi connectivity index (χ1) is 9.84. The van der Waals surface area contributed by atoms with Crippen molar-refractivity contribution in [3.05, 3.63) is 60.2 Å². The van der Waals surface area contributed by atoms with Crippen LogP contribution in [0.5, 0.6) is 0 Å². The molecule has 4 nitrogen and oxygen atoms in total. The van der Waals surface area contributed by atoms with E-state index in [4.69, 9.17) is 0 Å². The molecule has 0 saturated carbocycles. The molecule has 4 heteroatoms. The predicted molar refractivity (Wildman–Crippen MR) is 80.4 cm³/mol. The lowest BCUT2D eigenvalue weighted by Gasteiger charge is -2.05. The molecule has 0 amide bonds. The van der Waals surface area contributed by atoms with Crippen molar-refractivity contribution in [1.29, 1.82) is 0 Å². The summed E-state index contributed by atoms with van der Waals surface area (Å²) in [5.41, 5.74) is 3.46. The van der Waals surface area contributed by atoms with Crippen molar-refractivity contribution in [2.45, 2.75) is 13.0 Å². The Hall–Kier alpha value is -2.20. The molecule has 20 heavy (non-hydrogen) atoms. The van der Waals surface area contributed by atoms with E-state index in [2.05, 4.69) is 51.2 Å². The maximum atomic E-state index is 4.67. The first-order valence-corrected chi connectivity index (χ1v) is 6.84. The molecule has 2 aromatic heterocycles. The van der Waals surface area contributed by atoms with Gasteiger partial charge < -0.3 is 9.88 Å². The summed E-state index contributed by atoms with van der Waals surface area (Å²) >= 11 is 0. The number of rotatable bonds is 5. The monoisotopic (exact) mass is 266 g/mol. The Morgan fingerprint density at radius 3 is 2.85 bits per heavy atom. The summed E-state index contributed by atoms with van der Waals surface area (Å²) in [4.78, 5) is 8.78. The summed E-state index contributed by atoms with van der Waals surface area (Å²) in [6, 6.07) is 12.3. The number of para-hydroxylation sites is 2. The number of benzene rings is 1. The van der Waals surface area contributed by atoms with Crippen molar-refractivity contribution in [2.24, 2.45) is 7.05 Å². The lowest BCUT2D eigenvalue weighted by Crippen LogP contribution is -2.18. The average Bonchev–Trinajstić information content (AvgIpc) is 2.82. The van der Waals surface area contributed by atoms with E-state index in [1.807, 2.05) is 18.3 Å². The number of aromatic nitrogens is 3. The Bertz CT molecular complexity index is 688. The summed E-state index contributed by atoms with van der Waals surface area (Å²) < 4.78 is 2.17. The topological polar surface area (TPSA) is 42.7 Å². The Morgan fingerprint density at radius 2 is 2.05 bits per heavy atom. The molecule has 0 bridgehead atoms. The fraction of sp³-hybridized carbons (Fsp3) is 0.250. The molecule has 3 rings (SSSR count). The summed E-state index contributed by atoms with van der Waals surface area (Å²) in [5, 5.41) is 3.43. The molecule has 0 radical (unpaired) electrons. The van der Waals surface area contributed by atoms with Crippen LogP contribution in [0, 0.1) is 0 Å². The molecule has 102 valence electrons. The van der Waals surface area contributed by atoms with Gasteiger partial charge in [-0.2, -0.15) is 0 Å². The average molecular weight is 266 g/mol. The number of aryl methyl sites for hydroxylation is 1. The smallest absolute Gasteiger partial charge is 0.110 e. The van der Waals surface area contributed by atoms with E-state index in [9.17, 15) is 0 Å². The van der Waals surface area contributed by atoms with Gasteiger partial charge in [0.2, 0.25) is 0 Å². The predicted octanol–water partition coefficient (Wildman–Crippen LogP) is 2.30. The van der Waals surface area contributed by atoms with Gasteiger partial charge in [-0.3, -0.25) is 4.98 Å². The van der Waals surface area contributed by atoms with Crippen LogP contribution in [-0.4, -0.2) is 21.1 Å². The summed E-state index contributed by atoms with van der Waals surface area (Å²) in [6.07, 6.45) is 4.61. The van der Waals surface area contributed by atoms with Gasteiger partial charge in [-0.15, -0.1) is 0 Å². The maximum Gasteiger partial charge on any atom is 0.110 e. The molecule has 1 N–H and O–H groups in total. The highest BCUT2D eigenvalue weighted by atomic mass is 15.1. The van der Waals surface area contributed by atoms with Gasteiger partial charge in [0.1, 0.15) is 5.82 Å². The Labute approximate surface area is 118 Å². The highest BCUT2D eigenvalue weighted by Gasteiger charge is 2.06. The van der Waals surface area contributed by atoms with E-state index in [0.717, 1.165) is 30.9 Å². The highest BCUT2D eigenvalue weighted by Crippen LogP contribution is 2.14. The minimum Gasteiger partial charge on any atom is -0.331 e. The molecule has 3 aromatic rings. The van der Waals surface area contributed by atoms with Crippen molar-refractivity contribution >= 4 is 11.0 Å². The van der Waals surface area contributed by atoms with Crippen LogP contribution in [-0.2, 0) is 20.0 Å². The molecule has 0 atom stereocenters. The molecule has 0 saturated heterocycles. The fourth-order valence-corrected chi connectivity index (χ4v) is 2.35. The van der Waals surface area contributed by atoms with Gasteiger partial charge >= 0.3 is 0 Å². The second-order valence-corrected chi connectivity index (χ2v) is 4.86. The lowest BCUT2D eigenvalue weighted by molar-refractivity contribution is 0.657. The van der Waals surface area contributed by atoms with Gasteiger partial charge in [0.05, 0.1) is 11.0 Å². The van der Waals surface area contributed by atoms with Gasteiger partial charge in [-0.1, -0.05) is 18.2 Å². The maximum absolute atomic E-state index is 4.67. The summed E-state index contributed by atoms with van der Waals surface area (Å²) in [5.74, 6) is 1.12. The van der Waals surface area contributed by atoms with Crippen molar-refractivity contribution in [1.82, 2.24) is 19.9 Å². The van der Waals surface area contributed by atoms with Crippen LogP contribution in [0.25, 0.3) is 11.0 Å². The van der Waals surface area contributed by atoms with Crippen LogP contribution in [0.4, 0.5) is 0 Å². The number of imidazole rings is 1. The van der Waals surface area contributed by atoms with Crippen molar-refractivity contribution in [3.8, 4) is 0 Å². The molecule has 0 aliphatic rings. The number of nitrogens with one attached hydrogen (secondary N) is 1. The van der Waals surface area contributed by atoms with Crippen LogP contribution in [0.15, 0.2) is 48.8 Å². The normalized spacial score (nSPS) is 11.1. The largest absolute Gasteiger partial charge is 0.331 e. The van der Waals surface area contributed by atoms with Crippen LogP contribution < -0.4 is 5.32 Å². The van der Waals surface area contributed by atoms with Gasteiger partial charge in [0.15, 0.2) is 0 Å². The third-order valence-electron chi connectivity index (χ3n) is 3.46. The Kier molecular flexibility index (Phi) is 3.74. The number of nitrogens with zero attached hydrogens (tertiary/aromatic N) is 3. The Morgan fingerprint density at radius 1 is 1.15 bits per heavy atom. The molecular formula is C16H18N4. The van der Waals surface area contributed by atoms with Gasteiger partial charge in [0.25, 0.3) is 0 Å². The molecule has 0 spiro atoms. The van der Waals surface area contributed by atoms with Crippen molar-refractivity contribution in [2.75, 3.05) is 6.54 Å². The molecular weight excluding hydrogens is 248 g/mol. The SMILES string of the molecule is Cn1c(CCNCc2cccnc2)nc2ccccc21. The zero-order valence-corrected chi connectivity index (χ0v) is 11.6. The quantitative estimate of drug-likeness (QED) is 0.721. The van der Waals surface area contributed by atoms with Gasteiger partial charge in [-0.05, 0) is 23.8 Å². The molecule has 2 heterocycles. The minimum atomic E-state index is 0.845. The molecule has 0 aliphatic carbocycles. The summed E-state index contributed by atoms with van der Waals surface area (Å²) in [6.45, 7) is 1.75. The lowest BCUT2D eigenvalue weighted by atomic mass is 10.3. The van der Waals surface area contributed by atoms with E-state index in [1.165, 1.54) is 11.1 Å². The molecule has 0 fully saturated rings. The number of hydrogen-bond donors (Lipinski definition) is 1. The van der Waals surface area contributed by atoms with Crippen LogP contribution in [0.3, 0.4) is 0 Å². The third-order valence-corrected chi connectivity index (χ3v) is 3.46. The third kappa shape index (κ3) is 2.70. The number of hydrogen-bond acceptors (Lipinski definition) is 3. The zero-order chi connectivity index (χ0) is 13.8. The number of fused-ring (bicyclic) bond motifs is 1. The second kappa shape index (κ2) is 5.84. The first kappa shape index (κ1) is 12.8. The first-order valence-electron chi connectivity index (χ1n) is 6.84. The van der Waals surface area contributed by atoms with E-state index < -0.39 is 0 Å². The molecule has 0 aliphatic heterocycles. The van der Waals surface area contributed by atoms with Crippen molar-refractivity contribution in [3.63, 3.8) is 0 Å². The van der Waals surface area contributed by atoms with E-state index in [-0.39, 0.29) is 0 Å². The highest BCUT2D eigenvalue weighted by molar-refractivity contribution is 5.75.